The lowest BCUT2D eigenvalue weighted by atomic mass is 10.2. The minimum absolute atomic E-state index is 0.178. The van der Waals surface area contributed by atoms with Gasteiger partial charge in [-0.1, -0.05) is 44.4 Å². The molecule has 6 heteroatoms. The summed E-state index contributed by atoms with van der Waals surface area (Å²) in [6.45, 7) is 10.0. The molecule has 1 rings (SSSR count). The van der Waals surface area contributed by atoms with E-state index in [0.717, 1.165) is 16.6 Å². The summed E-state index contributed by atoms with van der Waals surface area (Å²) in [5, 5.41) is 9.10. The third-order valence-corrected chi connectivity index (χ3v) is 5.40. The maximum atomic E-state index is 10.4. The van der Waals surface area contributed by atoms with Gasteiger partial charge in [-0.05, 0) is 44.7 Å². The Morgan fingerprint density at radius 2 is 1.38 bits per heavy atom. The van der Waals surface area contributed by atoms with Crippen LogP contribution in [0, 0.1) is 6.92 Å². The summed E-state index contributed by atoms with van der Waals surface area (Å²) >= 11 is 0. The average molecular weight is 388 g/mol. The van der Waals surface area contributed by atoms with Gasteiger partial charge in [-0.2, -0.15) is 0 Å². The molecule has 0 unspecified atom stereocenters. The molecule has 0 saturated carbocycles. The van der Waals surface area contributed by atoms with Crippen LogP contribution in [0.3, 0.4) is 0 Å². The van der Waals surface area contributed by atoms with E-state index < -0.39 is 10.1 Å². The number of aliphatic hydroxyl groups excluding tert-OH is 1. The van der Waals surface area contributed by atoms with Gasteiger partial charge in [0.1, 0.15) is 16.7 Å². The molecule has 0 amide bonds. The van der Waals surface area contributed by atoms with Gasteiger partial charge in [0.05, 0.1) is 31.6 Å². The van der Waals surface area contributed by atoms with Crippen molar-refractivity contribution >= 4 is 10.1 Å². The van der Waals surface area contributed by atoms with Crippen LogP contribution >= 0.6 is 0 Å². The monoisotopic (exact) mass is 387 g/mol. The van der Waals surface area contributed by atoms with Crippen molar-refractivity contribution in [3.63, 3.8) is 0 Å². The summed E-state index contributed by atoms with van der Waals surface area (Å²) in [7, 11) is -1.98. The molecular weight excluding hydrogens is 350 g/mol. The Labute approximate surface area is 160 Å². The smallest absolute Gasteiger partial charge is 0.124 e. The molecule has 0 aromatic heterocycles. The minimum Gasteiger partial charge on any atom is -0.744 e. The molecule has 0 spiro atoms. The number of nitrogens with zero attached hydrogens (tertiary/aromatic N) is 1. The summed E-state index contributed by atoms with van der Waals surface area (Å²) in [6, 6.07) is 5.78. The highest BCUT2D eigenvalue weighted by atomic mass is 32.2. The number of benzene rings is 1. The van der Waals surface area contributed by atoms with Crippen molar-refractivity contribution in [3.8, 4) is 0 Å². The first-order valence-electron chi connectivity index (χ1n) is 9.65. The molecule has 152 valence electrons. The second-order valence-electron chi connectivity index (χ2n) is 7.20. The number of unbranched alkanes of at least 4 members (excludes halogenated alkanes) is 4. The van der Waals surface area contributed by atoms with Gasteiger partial charge < -0.3 is 14.1 Å². The van der Waals surface area contributed by atoms with Gasteiger partial charge in [0.25, 0.3) is 0 Å². The van der Waals surface area contributed by atoms with E-state index in [4.69, 9.17) is 5.11 Å². The first kappa shape index (κ1) is 25.1. The van der Waals surface area contributed by atoms with E-state index in [1.165, 1.54) is 63.7 Å². The Kier molecular flexibility index (Phi) is 12.8. The standard InChI is InChI=1S/C13H30NO.C7H8O3S/c1-4-6-8-10-14(3,12-13-15)11-9-7-5-2;1-6-2-4-7(5-3-6)11(8,9)10/h15H,4-13H2,1-3H3;2-5H,1H3,(H,8,9,10)/q+1;/p-1. The first-order chi connectivity index (χ1) is 12.2. The number of quaternary nitrogens is 1. The van der Waals surface area contributed by atoms with E-state index in [1.54, 1.807) is 12.1 Å². The van der Waals surface area contributed by atoms with E-state index in [-0.39, 0.29) is 4.90 Å². The fourth-order valence-corrected chi connectivity index (χ4v) is 3.24. The number of rotatable bonds is 11. The topological polar surface area (TPSA) is 77.4 Å². The maximum Gasteiger partial charge on any atom is 0.124 e. The van der Waals surface area contributed by atoms with Gasteiger partial charge in [0.2, 0.25) is 0 Å². The highest BCUT2D eigenvalue weighted by Crippen LogP contribution is 2.10. The first-order valence-corrected chi connectivity index (χ1v) is 11.1. The van der Waals surface area contributed by atoms with Crippen LogP contribution in [0.25, 0.3) is 0 Å². The molecule has 26 heavy (non-hydrogen) atoms. The van der Waals surface area contributed by atoms with Crippen molar-refractivity contribution < 1.29 is 22.6 Å². The largest absolute Gasteiger partial charge is 0.744 e. The molecule has 0 heterocycles. The predicted octanol–water partition coefficient (Wildman–Crippen LogP) is 3.70. The number of aryl methyl sites for hydroxylation is 1. The Balaban J connectivity index is 0.000000502. The molecule has 0 radical (unpaired) electrons. The van der Waals surface area contributed by atoms with Gasteiger partial charge >= 0.3 is 0 Å². The van der Waals surface area contributed by atoms with E-state index in [1.807, 2.05) is 6.92 Å². The molecule has 0 atom stereocenters. The Bertz CT molecular complexity index is 560. The molecule has 1 aromatic rings. The maximum absolute atomic E-state index is 10.4. The van der Waals surface area contributed by atoms with Crippen LogP contribution in [0.15, 0.2) is 29.2 Å². The van der Waals surface area contributed by atoms with E-state index in [2.05, 4.69) is 20.9 Å². The Morgan fingerprint density at radius 3 is 1.73 bits per heavy atom. The molecular formula is C20H37NO4S. The van der Waals surface area contributed by atoms with E-state index in [0.29, 0.717) is 6.61 Å². The highest BCUT2D eigenvalue weighted by molar-refractivity contribution is 7.85. The Hall–Kier alpha value is -0.950. The van der Waals surface area contributed by atoms with Crippen molar-refractivity contribution in [1.29, 1.82) is 0 Å². The van der Waals surface area contributed by atoms with Crippen molar-refractivity contribution in [3.05, 3.63) is 29.8 Å². The molecule has 0 aliphatic carbocycles. The number of hydrogen-bond donors (Lipinski definition) is 1. The molecule has 0 aliphatic heterocycles. The molecule has 0 aliphatic rings. The number of aliphatic hydroxyl groups is 1. The van der Waals surface area contributed by atoms with Gasteiger partial charge in [-0.15, -0.1) is 0 Å². The van der Waals surface area contributed by atoms with Crippen LogP contribution in [-0.2, 0) is 10.1 Å². The minimum atomic E-state index is -4.27. The van der Waals surface area contributed by atoms with Gasteiger partial charge in [0, 0.05) is 0 Å². The molecule has 1 N–H and O–H groups in total. The van der Waals surface area contributed by atoms with Crippen LogP contribution in [0.1, 0.15) is 57.9 Å². The molecule has 1 aromatic carbocycles. The van der Waals surface area contributed by atoms with Crippen molar-refractivity contribution in [2.45, 2.75) is 64.2 Å². The fraction of sp³-hybridized carbons (Fsp3) is 0.700. The molecule has 5 nitrogen and oxygen atoms in total. The summed E-state index contributed by atoms with van der Waals surface area (Å²) in [4.78, 5) is -0.178. The van der Waals surface area contributed by atoms with Crippen molar-refractivity contribution in [1.82, 2.24) is 0 Å². The van der Waals surface area contributed by atoms with Gasteiger partial charge in [-0.25, -0.2) is 8.42 Å². The lowest BCUT2D eigenvalue weighted by Gasteiger charge is -2.34. The van der Waals surface area contributed by atoms with Crippen molar-refractivity contribution in [2.24, 2.45) is 0 Å². The summed E-state index contributed by atoms with van der Waals surface area (Å²) < 4.78 is 32.2. The summed E-state index contributed by atoms with van der Waals surface area (Å²) in [5.41, 5.74) is 0.928. The normalized spacial score (nSPS) is 11.8. The highest BCUT2D eigenvalue weighted by Gasteiger charge is 2.19. The molecule has 0 bridgehead atoms. The second-order valence-corrected chi connectivity index (χ2v) is 8.57. The SMILES string of the molecule is CCCCC[N+](C)(CCO)CCCCC.Cc1ccc(S(=O)(=O)[O-])cc1. The zero-order valence-electron chi connectivity index (χ0n) is 16.9. The average Bonchev–Trinajstić information content (AvgIpc) is 2.56. The Morgan fingerprint density at radius 1 is 0.923 bits per heavy atom. The third kappa shape index (κ3) is 11.6. The van der Waals surface area contributed by atoms with Crippen LogP contribution < -0.4 is 0 Å². The third-order valence-electron chi connectivity index (χ3n) is 4.55. The van der Waals surface area contributed by atoms with Crippen LogP contribution in [0.2, 0.25) is 0 Å². The van der Waals surface area contributed by atoms with E-state index in [9.17, 15) is 13.0 Å². The number of hydrogen-bond acceptors (Lipinski definition) is 4. The van der Waals surface area contributed by atoms with Crippen LogP contribution in [0.5, 0.6) is 0 Å². The fourth-order valence-electron chi connectivity index (χ4n) is 2.77. The number of likely N-dealkylation sites (N-methyl/N-ethyl adjacent to an activating group) is 1. The van der Waals surface area contributed by atoms with Crippen LogP contribution in [-0.4, -0.2) is 55.8 Å². The molecule has 0 saturated heterocycles. The van der Waals surface area contributed by atoms with Gasteiger partial charge in [-0.3, -0.25) is 0 Å². The lowest BCUT2D eigenvalue weighted by molar-refractivity contribution is -0.910. The lowest BCUT2D eigenvalue weighted by Crippen LogP contribution is -2.47. The quantitative estimate of drug-likeness (QED) is 0.357. The predicted molar refractivity (Wildman–Crippen MR) is 106 cm³/mol. The zero-order chi connectivity index (χ0) is 20.1. The zero-order valence-corrected chi connectivity index (χ0v) is 17.7. The van der Waals surface area contributed by atoms with Crippen LogP contribution in [0.4, 0.5) is 0 Å². The van der Waals surface area contributed by atoms with Gasteiger partial charge in [0.15, 0.2) is 0 Å². The van der Waals surface area contributed by atoms with E-state index >= 15 is 0 Å². The molecule has 0 fully saturated rings. The summed E-state index contributed by atoms with van der Waals surface area (Å²) in [5.74, 6) is 0. The summed E-state index contributed by atoms with van der Waals surface area (Å²) in [6.07, 6.45) is 7.83. The van der Waals surface area contributed by atoms with Crippen molar-refractivity contribution in [2.75, 3.05) is 33.3 Å². The second kappa shape index (κ2) is 13.3.